The molecule has 0 spiro atoms. The molecular formula is C10H15Cl2Hf-3. The molecule has 0 aliphatic rings. The topological polar surface area (TPSA) is 0 Å². The third-order valence-corrected chi connectivity index (χ3v) is 1.79. The molecule has 0 fully saturated rings. The van der Waals surface area contributed by atoms with Gasteiger partial charge in [0.05, 0.1) is 0 Å². The summed E-state index contributed by atoms with van der Waals surface area (Å²) in [6.45, 7) is 4.38. The van der Waals surface area contributed by atoms with Crippen LogP contribution in [0.1, 0.15) is 30.9 Å². The molecule has 0 nitrogen and oxygen atoms in total. The van der Waals surface area contributed by atoms with Crippen molar-refractivity contribution in [2.24, 2.45) is 0 Å². The second-order valence-electron chi connectivity index (χ2n) is 2.90. The number of hydrogen-bond acceptors (Lipinski definition) is 0. The van der Waals surface area contributed by atoms with Gasteiger partial charge >= 0.3 is 0 Å². The molecule has 0 amide bonds. The molecule has 1 rings (SSSR count). The van der Waals surface area contributed by atoms with Gasteiger partial charge < -0.3 is 24.8 Å². The van der Waals surface area contributed by atoms with E-state index < -0.39 is 0 Å². The Bertz CT molecular complexity index is 197. The van der Waals surface area contributed by atoms with Crippen molar-refractivity contribution in [1.82, 2.24) is 0 Å². The van der Waals surface area contributed by atoms with Crippen molar-refractivity contribution in [3.8, 4) is 0 Å². The average Bonchev–Trinajstić information content (AvgIpc) is 2.31. The third-order valence-electron chi connectivity index (χ3n) is 1.79. The molecule has 0 heterocycles. The van der Waals surface area contributed by atoms with Gasteiger partial charge in [-0.1, -0.05) is 33.1 Å². The molecule has 0 aliphatic heterocycles. The van der Waals surface area contributed by atoms with E-state index in [4.69, 9.17) is 0 Å². The van der Waals surface area contributed by atoms with Crippen molar-refractivity contribution >= 4 is 0 Å². The monoisotopic (exact) mass is 385 g/mol. The fourth-order valence-corrected chi connectivity index (χ4v) is 1.16. The van der Waals surface area contributed by atoms with Crippen LogP contribution in [-0.4, -0.2) is 0 Å². The molecule has 1 aromatic carbocycles. The number of aryl methyl sites for hydroxylation is 2. The maximum absolute atomic E-state index is 2.27. The molecule has 76 valence electrons. The second-order valence-corrected chi connectivity index (χ2v) is 2.90. The van der Waals surface area contributed by atoms with E-state index in [2.05, 4.69) is 32.0 Å². The molecule has 0 N–H and O–H groups in total. The van der Waals surface area contributed by atoms with Crippen molar-refractivity contribution in [3.05, 3.63) is 29.3 Å². The Labute approximate surface area is 112 Å². The molecule has 13 heavy (non-hydrogen) atoms. The van der Waals surface area contributed by atoms with Crippen LogP contribution >= 0.6 is 0 Å². The van der Waals surface area contributed by atoms with Crippen LogP contribution < -0.4 is 24.8 Å². The Morgan fingerprint density at radius 1 is 1.31 bits per heavy atom. The summed E-state index contributed by atoms with van der Waals surface area (Å²) in [4.78, 5) is 0. The zero-order valence-electron chi connectivity index (χ0n) is 8.11. The molecular weight excluding hydrogens is 370 g/mol. The molecule has 0 bridgehead atoms. The van der Waals surface area contributed by atoms with Crippen LogP contribution in [0.4, 0.5) is 0 Å². The first-order valence-corrected chi connectivity index (χ1v) is 4.05. The van der Waals surface area contributed by atoms with Crippen molar-refractivity contribution in [1.29, 1.82) is 0 Å². The van der Waals surface area contributed by atoms with E-state index in [-0.39, 0.29) is 50.7 Å². The van der Waals surface area contributed by atoms with Gasteiger partial charge in [0, 0.05) is 25.8 Å². The average molecular weight is 385 g/mol. The molecule has 0 atom stereocenters. The van der Waals surface area contributed by atoms with E-state index in [1.54, 1.807) is 0 Å². The normalized spacial score (nSPS) is 7.85. The summed E-state index contributed by atoms with van der Waals surface area (Å²) in [5, 5.41) is 0. The van der Waals surface area contributed by atoms with Gasteiger partial charge in [-0.3, -0.25) is 0 Å². The predicted octanol–water partition coefficient (Wildman–Crippen LogP) is -2.94. The minimum Gasteiger partial charge on any atom is -1.00 e. The fraction of sp³-hybridized carbons (Fsp3) is 0.500. The van der Waals surface area contributed by atoms with Crippen molar-refractivity contribution in [2.75, 3.05) is 0 Å². The summed E-state index contributed by atoms with van der Waals surface area (Å²) >= 11 is 0. The number of rotatable bonds is 3. The van der Waals surface area contributed by atoms with Crippen molar-refractivity contribution < 1.29 is 50.7 Å². The van der Waals surface area contributed by atoms with Crippen LogP contribution in [0, 0.1) is 6.92 Å². The van der Waals surface area contributed by atoms with Crippen LogP contribution in [0.5, 0.6) is 0 Å². The summed E-state index contributed by atoms with van der Waals surface area (Å²) in [5.74, 6) is 0. The molecule has 0 aliphatic carbocycles. The summed E-state index contributed by atoms with van der Waals surface area (Å²) in [7, 11) is 0. The molecule has 0 radical (unpaired) electrons. The van der Waals surface area contributed by atoms with Crippen LogP contribution in [0.3, 0.4) is 0 Å². The Hall–Kier alpha value is 0.800. The minimum absolute atomic E-state index is 0. The van der Waals surface area contributed by atoms with Gasteiger partial charge in [0.1, 0.15) is 0 Å². The van der Waals surface area contributed by atoms with Gasteiger partial charge in [0.25, 0.3) is 0 Å². The Morgan fingerprint density at radius 3 is 2.31 bits per heavy atom. The van der Waals surface area contributed by atoms with Crippen LogP contribution in [0.25, 0.3) is 0 Å². The zero-order chi connectivity index (χ0) is 7.40. The maximum atomic E-state index is 2.27. The fourth-order valence-electron chi connectivity index (χ4n) is 1.16. The van der Waals surface area contributed by atoms with E-state index in [0.29, 0.717) is 0 Å². The first-order chi connectivity index (χ1) is 4.83. The van der Waals surface area contributed by atoms with Crippen LogP contribution in [-0.2, 0) is 32.3 Å². The van der Waals surface area contributed by atoms with Gasteiger partial charge in [-0.05, 0) is 0 Å². The number of halogens is 2. The number of unbranched alkanes of at least 4 members (excludes halogenated alkanes) is 1. The van der Waals surface area contributed by atoms with E-state index >= 15 is 0 Å². The largest absolute Gasteiger partial charge is 1.00 e. The van der Waals surface area contributed by atoms with E-state index in [9.17, 15) is 0 Å². The first kappa shape index (κ1) is 19.4. The molecule has 0 saturated heterocycles. The van der Waals surface area contributed by atoms with Gasteiger partial charge in [0.15, 0.2) is 0 Å². The molecule has 0 unspecified atom stereocenters. The second kappa shape index (κ2) is 10.9. The van der Waals surface area contributed by atoms with E-state index in [1.165, 1.54) is 30.4 Å². The predicted molar refractivity (Wildman–Crippen MR) is 45.4 cm³/mol. The minimum atomic E-state index is 0. The summed E-state index contributed by atoms with van der Waals surface area (Å²) in [6, 6.07) is 6.69. The van der Waals surface area contributed by atoms with Crippen molar-refractivity contribution in [2.45, 2.75) is 33.1 Å². The molecule has 3 heteroatoms. The maximum Gasteiger partial charge on any atom is 0 e. The summed E-state index contributed by atoms with van der Waals surface area (Å²) < 4.78 is 0. The molecule has 1 aromatic rings. The summed E-state index contributed by atoms with van der Waals surface area (Å²) in [6.07, 6.45) is 3.87. The zero-order valence-corrected chi connectivity index (χ0v) is 13.2. The van der Waals surface area contributed by atoms with Crippen LogP contribution in [0.2, 0.25) is 0 Å². The molecule has 0 aromatic heterocycles. The Kier molecular flexibility index (Phi) is 16.2. The van der Waals surface area contributed by atoms with Gasteiger partial charge in [-0.2, -0.15) is 17.7 Å². The van der Waals surface area contributed by atoms with Crippen molar-refractivity contribution in [3.63, 3.8) is 0 Å². The van der Waals surface area contributed by atoms with E-state index in [0.717, 1.165) is 0 Å². The van der Waals surface area contributed by atoms with E-state index in [1.807, 2.05) is 0 Å². The van der Waals surface area contributed by atoms with Crippen LogP contribution in [0.15, 0.2) is 18.2 Å². The smallest absolute Gasteiger partial charge is 0 e. The quantitative estimate of drug-likeness (QED) is 0.387. The standard InChI is InChI=1S/C10H15.2ClH.Hf/c1-3-4-5-10-7-6-9(2)8-10;;;/h6-8H,3-5H2,1-2H3;2*1H;/q-1;;;/p-2. The first-order valence-electron chi connectivity index (χ1n) is 4.05. The van der Waals surface area contributed by atoms with Gasteiger partial charge in [-0.25, -0.2) is 11.6 Å². The summed E-state index contributed by atoms with van der Waals surface area (Å²) in [5.41, 5.74) is 2.89. The Morgan fingerprint density at radius 2 is 1.92 bits per heavy atom. The van der Waals surface area contributed by atoms with Gasteiger partial charge in [0.2, 0.25) is 0 Å². The van der Waals surface area contributed by atoms with Gasteiger partial charge in [-0.15, -0.1) is 0 Å². The third kappa shape index (κ3) is 7.84. The number of hydrogen-bond donors (Lipinski definition) is 0. The SMILES string of the molecule is CCCC[c-]1ccc(C)c1.[Cl-].[Cl-].[Hf]. The molecule has 0 saturated carbocycles. The Balaban J connectivity index is -0.000000333.